The van der Waals surface area contributed by atoms with Crippen molar-refractivity contribution in [2.24, 2.45) is 0 Å². The zero-order chi connectivity index (χ0) is 9.78. The fourth-order valence-corrected chi connectivity index (χ4v) is 0.860. The first-order valence-corrected chi connectivity index (χ1v) is 3.74. The van der Waals surface area contributed by atoms with Gasteiger partial charge in [-0.1, -0.05) is 6.08 Å². The third-order valence-corrected chi connectivity index (χ3v) is 1.69. The van der Waals surface area contributed by atoms with Crippen LogP contribution in [0.5, 0.6) is 0 Å². The van der Waals surface area contributed by atoms with Crippen molar-refractivity contribution < 1.29 is 13.2 Å². The first kappa shape index (κ1) is 11.5. The van der Waals surface area contributed by atoms with Crippen LogP contribution in [0.25, 0.3) is 0 Å². The minimum Gasteiger partial charge on any atom is -0.295 e. The molecule has 0 fully saturated rings. The Bertz CT molecular complexity index is 142. The molecule has 0 saturated heterocycles. The highest BCUT2D eigenvalue weighted by molar-refractivity contribution is 4.76. The van der Waals surface area contributed by atoms with Crippen LogP contribution in [0, 0.1) is 0 Å². The van der Waals surface area contributed by atoms with E-state index in [1.54, 1.807) is 13.0 Å². The maximum atomic E-state index is 11.8. The van der Waals surface area contributed by atoms with Gasteiger partial charge in [0.1, 0.15) is 0 Å². The van der Waals surface area contributed by atoms with Crippen LogP contribution in [0.1, 0.15) is 13.3 Å². The number of alkyl halides is 3. The molecule has 0 aromatic carbocycles. The van der Waals surface area contributed by atoms with Crippen LogP contribution in [-0.2, 0) is 0 Å². The van der Waals surface area contributed by atoms with Crippen molar-refractivity contribution in [3.8, 4) is 0 Å². The van der Waals surface area contributed by atoms with Gasteiger partial charge in [-0.25, -0.2) is 0 Å². The second-order valence-corrected chi connectivity index (χ2v) is 2.90. The molecule has 0 aliphatic rings. The summed E-state index contributed by atoms with van der Waals surface area (Å²) >= 11 is 0. The summed E-state index contributed by atoms with van der Waals surface area (Å²) in [6.07, 6.45) is -1.91. The van der Waals surface area contributed by atoms with Crippen molar-refractivity contribution in [2.45, 2.75) is 25.6 Å². The molecule has 1 nitrogen and oxygen atoms in total. The van der Waals surface area contributed by atoms with Crippen molar-refractivity contribution in [3.63, 3.8) is 0 Å². The van der Waals surface area contributed by atoms with Gasteiger partial charge in [-0.3, -0.25) is 4.90 Å². The van der Waals surface area contributed by atoms with Gasteiger partial charge in [-0.05, 0) is 20.4 Å². The van der Waals surface area contributed by atoms with E-state index >= 15 is 0 Å². The van der Waals surface area contributed by atoms with Crippen molar-refractivity contribution in [2.75, 3.05) is 13.6 Å². The van der Waals surface area contributed by atoms with Gasteiger partial charge in [0, 0.05) is 6.04 Å². The van der Waals surface area contributed by atoms with Crippen molar-refractivity contribution in [3.05, 3.63) is 12.7 Å². The van der Waals surface area contributed by atoms with Crippen LogP contribution in [0.15, 0.2) is 12.7 Å². The van der Waals surface area contributed by atoms with Crippen molar-refractivity contribution >= 4 is 0 Å². The van der Waals surface area contributed by atoms with E-state index < -0.39 is 12.7 Å². The summed E-state index contributed by atoms with van der Waals surface area (Å²) in [5.74, 6) is 0. The molecule has 0 saturated carbocycles. The lowest BCUT2D eigenvalue weighted by atomic mass is 10.2. The highest BCUT2D eigenvalue weighted by atomic mass is 19.4. The van der Waals surface area contributed by atoms with E-state index in [0.29, 0.717) is 6.42 Å². The summed E-state index contributed by atoms with van der Waals surface area (Å²) < 4.78 is 35.5. The minimum absolute atomic E-state index is 0.107. The normalized spacial score (nSPS) is 14.8. The van der Waals surface area contributed by atoms with E-state index in [4.69, 9.17) is 0 Å². The average Bonchev–Trinajstić information content (AvgIpc) is 1.84. The maximum absolute atomic E-state index is 11.8. The molecule has 0 spiro atoms. The Balaban J connectivity index is 3.86. The summed E-state index contributed by atoms with van der Waals surface area (Å²) in [5, 5.41) is 0. The van der Waals surface area contributed by atoms with Gasteiger partial charge >= 0.3 is 6.18 Å². The molecule has 0 amide bonds. The monoisotopic (exact) mass is 181 g/mol. The molecule has 0 aliphatic carbocycles. The largest absolute Gasteiger partial charge is 0.401 e. The molecular weight excluding hydrogens is 167 g/mol. The minimum atomic E-state index is -4.11. The number of nitrogens with zero attached hydrogens (tertiary/aromatic N) is 1. The lowest BCUT2D eigenvalue weighted by Crippen LogP contribution is -2.37. The molecule has 0 aromatic rings. The van der Waals surface area contributed by atoms with Crippen LogP contribution < -0.4 is 0 Å². The SMILES string of the molecule is C=CC[C@@H](C)N(C)CC(F)(F)F. The zero-order valence-electron chi connectivity index (χ0n) is 7.36. The van der Waals surface area contributed by atoms with E-state index in [-0.39, 0.29) is 6.04 Å². The number of hydrogen-bond donors (Lipinski definition) is 0. The molecule has 0 aromatic heterocycles. The van der Waals surface area contributed by atoms with E-state index in [2.05, 4.69) is 6.58 Å². The van der Waals surface area contributed by atoms with Crippen molar-refractivity contribution in [1.82, 2.24) is 4.90 Å². The first-order chi connectivity index (χ1) is 5.37. The highest BCUT2D eigenvalue weighted by Gasteiger charge is 2.30. The molecule has 0 N–H and O–H groups in total. The molecule has 1 atom stereocenters. The molecule has 4 heteroatoms. The zero-order valence-corrected chi connectivity index (χ0v) is 7.36. The van der Waals surface area contributed by atoms with Gasteiger partial charge in [-0.15, -0.1) is 6.58 Å². The summed E-state index contributed by atoms with van der Waals surface area (Å²) in [7, 11) is 1.46. The Labute approximate surface area is 70.9 Å². The molecule has 0 rings (SSSR count). The van der Waals surface area contributed by atoms with Crippen LogP contribution in [0.3, 0.4) is 0 Å². The average molecular weight is 181 g/mol. The lowest BCUT2D eigenvalue weighted by Gasteiger charge is -2.24. The Hall–Kier alpha value is -0.510. The van der Waals surface area contributed by atoms with E-state index in [1.807, 2.05) is 0 Å². The second-order valence-electron chi connectivity index (χ2n) is 2.90. The Kier molecular flexibility index (Phi) is 4.31. The van der Waals surface area contributed by atoms with Gasteiger partial charge in [0.2, 0.25) is 0 Å². The molecule has 12 heavy (non-hydrogen) atoms. The van der Waals surface area contributed by atoms with Crippen LogP contribution in [0.2, 0.25) is 0 Å². The quantitative estimate of drug-likeness (QED) is 0.602. The predicted molar refractivity (Wildman–Crippen MR) is 43.0 cm³/mol. The molecule has 72 valence electrons. The second kappa shape index (κ2) is 4.50. The lowest BCUT2D eigenvalue weighted by molar-refractivity contribution is -0.146. The number of rotatable bonds is 4. The topological polar surface area (TPSA) is 3.24 Å². The first-order valence-electron chi connectivity index (χ1n) is 3.74. The molecule has 0 bridgehead atoms. The third-order valence-electron chi connectivity index (χ3n) is 1.69. The predicted octanol–water partition coefficient (Wildman–Crippen LogP) is 2.45. The molecule has 0 heterocycles. The van der Waals surface area contributed by atoms with E-state index in [1.165, 1.54) is 11.9 Å². The Morgan fingerprint density at radius 2 is 2.00 bits per heavy atom. The van der Waals surface area contributed by atoms with Gasteiger partial charge in [-0.2, -0.15) is 13.2 Å². The summed E-state index contributed by atoms with van der Waals surface area (Å²) in [4.78, 5) is 1.27. The fraction of sp³-hybridized carbons (Fsp3) is 0.750. The third kappa shape index (κ3) is 5.18. The van der Waals surface area contributed by atoms with Gasteiger partial charge < -0.3 is 0 Å². The van der Waals surface area contributed by atoms with Crippen LogP contribution >= 0.6 is 0 Å². The molecule has 0 aliphatic heterocycles. The van der Waals surface area contributed by atoms with E-state index in [0.717, 1.165) is 0 Å². The number of halogens is 3. The summed E-state index contributed by atoms with van der Waals surface area (Å²) in [6, 6.07) is -0.107. The molecule has 0 radical (unpaired) electrons. The fourth-order valence-electron chi connectivity index (χ4n) is 0.860. The summed E-state index contributed by atoms with van der Waals surface area (Å²) in [6.45, 7) is 4.36. The Morgan fingerprint density at radius 3 is 2.33 bits per heavy atom. The maximum Gasteiger partial charge on any atom is 0.401 e. The van der Waals surface area contributed by atoms with E-state index in [9.17, 15) is 13.2 Å². The van der Waals surface area contributed by atoms with Crippen molar-refractivity contribution in [1.29, 1.82) is 0 Å². The van der Waals surface area contributed by atoms with Gasteiger partial charge in [0.05, 0.1) is 6.54 Å². The van der Waals surface area contributed by atoms with Crippen LogP contribution in [-0.4, -0.2) is 30.7 Å². The Morgan fingerprint density at radius 1 is 1.50 bits per heavy atom. The summed E-state index contributed by atoms with van der Waals surface area (Å²) in [5.41, 5.74) is 0. The van der Waals surface area contributed by atoms with Crippen LogP contribution in [0.4, 0.5) is 13.2 Å². The van der Waals surface area contributed by atoms with Gasteiger partial charge in [0.25, 0.3) is 0 Å². The number of hydrogen-bond acceptors (Lipinski definition) is 1. The van der Waals surface area contributed by atoms with Gasteiger partial charge in [0.15, 0.2) is 0 Å². The smallest absolute Gasteiger partial charge is 0.295 e. The molecular formula is C8H14F3N. The standard InChI is InChI=1S/C8H14F3N/c1-4-5-7(2)12(3)6-8(9,10)11/h4,7H,1,5-6H2,2-3H3/t7-/m1/s1. The highest BCUT2D eigenvalue weighted by Crippen LogP contribution is 2.17. The molecule has 0 unspecified atom stereocenters.